The number of aryl methyl sites for hydroxylation is 1. The molecule has 5 nitrogen and oxygen atoms in total. The molecule has 0 fully saturated rings. The molecule has 1 amide bonds. The Morgan fingerprint density at radius 2 is 1.95 bits per heavy atom. The Hall–Kier alpha value is -2.30. The summed E-state index contributed by atoms with van der Waals surface area (Å²) in [7, 11) is 1.63. The summed E-state index contributed by atoms with van der Waals surface area (Å²) >= 11 is 0. The molecule has 0 radical (unpaired) electrons. The fourth-order valence-corrected chi connectivity index (χ4v) is 1.96. The maximum atomic E-state index is 12.2. The van der Waals surface area contributed by atoms with E-state index >= 15 is 0 Å². The van der Waals surface area contributed by atoms with Crippen molar-refractivity contribution in [3.63, 3.8) is 0 Å². The first-order chi connectivity index (χ1) is 9.42. The third-order valence-corrected chi connectivity index (χ3v) is 3.18. The highest BCUT2D eigenvalue weighted by atomic mass is 16.5. The van der Waals surface area contributed by atoms with E-state index in [1.165, 1.54) is 0 Å². The molecule has 1 heterocycles. The van der Waals surface area contributed by atoms with Crippen LogP contribution in [0.1, 0.15) is 35.6 Å². The van der Waals surface area contributed by atoms with Gasteiger partial charge in [0.15, 0.2) is 0 Å². The van der Waals surface area contributed by atoms with Crippen molar-refractivity contribution >= 4 is 5.91 Å². The Labute approximate surface area is 118 Å². The van der Waals surface area contributed by atoms with Gasteiger partial charge in [0, 0.05) is 5.69 Å². The SMILES string of the molecule is COc1ccc(C(C)(C)NC(=O)c2cc(C)[nH]n2)cc1. The normalized spacial score (nSPS) is 11.2. The molecule has 2 aromatic rings. The molecular weight excluding hydrogens is 254 g/mol. The summed E-state index contributed by atoms with van der Waals surface area (Å²) in [5.74, 6) is 0.592. The molecule has 2 rings (SSSR count). The van der Waals surface area contributed by atoms with Crippen molar-refractivity contribution in [3.8, 4) is 5.75 Å². The minimum Gasteiger partial charge on any atom is -0.497 e. The minimum absolute atomic E-state index is 0.199. The average molecular weight is 273 g/mol. The van der Waals surface area contributed by atoms with Crippen LogP contribution in [0.15, 0.2) is 30.3 Å². The summed E-state index contributed by atoms with van der Waals surface area (Å²) in [6.45, 7) is 5.76. The van der Waals surface area contributed by atoms with Gasteiger partial charge < -0.3 is 10.1 Å². The number of aromatic nitrogens is 2. The number of hydrogen-bond acceptors (Lipinski definition) is 3. The summed E-state index contributed by atoms with van der Waals surface area (Å²) in [6.07, 6.45) is 0. The number of hydrogen-bond donors (Lipinski definition) is 2. The lowest BCUT2D eigenvalue weighted by Gasteiger charge is -2.26. The molecule has 1 aromatic carbocycles. The van der Waals surface area contributed by atoms with Crippen molar-refractivity contribution in [2.45, 2.75) is 26.3 Å². The summed E-state index contributed by atoms with van der Waals surface area (Å²) < 4.78 is 5.13. The zero-order valence-electron chi connectivity index (χ0n) is 12.2. The van der Waals surface area contributed by atoms with Gasteiger partial charge in [-0.05, 0) is 44.5 Å². The number of rotatable bonds is 4. The van der Waals surface area contributed by atoms with Crippen molar-refractivity contribution in [2.75, 3.05) is 7.11 Å². The molecule has 0 bridgehead atoms. The van der Waals surface area contributed by atoms with E-state index in [0.29, 0.717) is 5.69 Å². The van der Waals surface area contributed by atoms with Crippen LogP contribution >= 0.6 is 0 Å². The van der Waals surface area contributed by atoms with Crippen molar-refractivity contribution < 1.29 is 9.53 Å². The standard InChI is InChI=1S/C15H19N3O2/c1-10-9-13(18-17-10)14(19)16-15(2,3)11-5-7-12(20-4)8-6-11/h5-9H,1-4H3,(H,16,19)(H,17,18). The molecule has 0 saturated carbocycles. The van der Waals surface area contributed by atoms with Gasteiger partial charge in [0.05, 0.1) is 12.6 Å². The Bertz CT molecular complexity index is 600. The number of amides is 1. The number of methoxy groups -OCH3 is 1. The minimum atomic E-state index is -0.490. The lowest BCUT2D eigenvalue weighted by Crippen LogP contribution is -2.41. The second kappa shape index (κ2) is 5.36. The number of ether oxygens (including phenoxy) is 1. The monoisotopic (exact) mass is 273 g/mol. The highest BCUT2D eigenvalue weighted by Crippen LogP contribution is 2.23. The molecule has 0 atom stereocenters. The van der Waals surface area contributed by atoms with Gasteiger partial charge in [-0.15, -0.1) is 0 Å². The topological polar surface area (TPSA) is 67.0 Å². The first-order valence-corrected chi connectivity index (χ1v) is 6.41. The molecule has 0 saturated heterocycles. The second-order valence-corrected chi connectivity index (χ2v) is 5.24. The summed E-state index contributed by atoms with van der Waals surface area (Å²) in [5, 5.41) is 9.70. The van der Waals surface area contributed by atoms with E-state index in [4.69, 9.17) is 4.74 Å². The summed E-state index contributed by atoms with van der Waals surface area (Å²) in [5.41, 5.74) is 1.76. The molecule has 106 valence electrons. The third kappa shape index (κ3) is 2.99. The van der Waals surface area contributed by atoms with E-state index in [1.54, 1.807) is 13.2 Å². The molecule has 0 spiro atoms. The van der Waals surface area contributed by atoms with E-state index < -0.39 is 5.54 Å². The van der Waals surface area contributed by atoms with Gasteiger partial charge in [0.25, 0.3) is 5.91 Å². The van der Waals surface area contributed by atoms with Crippen LogP contribution in [0.4, 0.5) is 0 Å². The molecule has 2 N–H and O–H groups in total. The first-order valence-electron chi connectivity index (χ1n) is 6.41. The van der Waals surface area contributed by atoms with Crippen LogP contribution in [-0.4, -0.2) is 23.2 Å². The number of nitrogens with zero attached hydrogens (tertiary/aromatic N) is 1. The van der Waals surface area contributed by atoms with Gasteiger partial charge in [-0.25, -0.2) is 0 Å². The van der Waals surface area contributed by atoms with Crippen molar-refractivity contribution in [2.24, 2.45) is 0 Å². The molecule has 20 heavy (non-hydrogen) atoms. The quantitative estimate of drug-likeness (QED) is 0.898. The van der Waals surface area contributed by atoms with Gasteiger partial charge in [-0.1, -0.05) is 12.1 Å². The van der Waals surface area contributed by atoms with E-state index in [1.807, 2.05) is 45.0 Å². The van der Waals surface area contributed by atoms with Gasteiger partial charge in [0.1, 0.15) is 11.4 Å². The van der Waals surface area contributed by atoms with Gasteiger partial charge in [-0.3, -0.25) is 9.89 Å². The number of nitrogens with one attached hydrogen (secondary N) is 2. The Morgan fingerprint density at radius 3 is 2.45 bits per heavy atom. The highest BCUT2D eigenvalue weighted by molar-refractivity contribution is 5.92. The molecule has 0 aliphatic heterocycles. The second-order valence-electron chi connectivity index (χ2n) is 5.24. The van der Waals surface area contributed by atoms with E-state index in [2.05, 4.69) is 15.5 Å². The van der Waals surface area contributed by atoms with Gasteiger partial charge in [-0.2, -0.15) is 5.10 Å². The highest BCUT2D eigenvalue weighted by Gasteiger charge is 2.24. The number of benzene rings is 1. The Kier molecular flexibility index (Phi) is 3.79. The number of aromatic amines is 1. The Balaban J connectivity index is 2.15. The molecule has 5 heteroatoms. The predicted octanol–water partition coefficient (Wildman–Crippen LogP) is 2.39. The fourth-order valence-electron chi connectivity index (χ4n) is 1.96. The molecule has 0 unspecified atom stereocenters. The third-order valence-electron chi connectivity index (χ3n) is 3.18. The first kappa shape index (κ1) is 14.1. The van der Waals surface area contributed by atoms with Crippen LogP contribution in [-0.2, 0) is 5.54 Å². The smallest absolute Gasteiger partial charge is 0.272 e. The maximum absolute atomic E-state index is 12.2. The lowest BCUT2D eigenvalue weighted by molar-refractivity contribution is 0.0907. The molecular formula is C15H19N3O2. The van der Waals surface area contributed by atoms with Crippen molar-refractivity contribution in [1.29, 1.82) is 0 Å². The van der Waals surface area contributed by atoms with E-state index in [9.17, 15) is 4.79 Å². The van der Waals surface area contributed by atoms with Crippen LogP contribution in [0.2, 0.25) is 0 Å². The van der Waals surface area contributed by atoms with Crippen molar-refractivity contribution in [1.82, 2.24) is 15.5 Å². The van der Waals surface area contributed by atoms with Crippen LogP contribution in [0, 0.1) is 6.92 Å². The van der Waals surface area contributed by atoms with Crippen LogP contribution in [0.3, 0.4) is 0 Å². The van der Waals surface area contributed by atoms with E-state index in [0.717, 1.165) is 17.0 Å². The van der Waals surface area contributed by atoms with Crippen LogP contribution in [0.25, 0.3) is 0 Å². The zero-order chi connectivity index (χ0) is 14.8. The van der Waals surface area contributed by atoms with Crippen molar-refractivity contribution in [3.05, 3.63) is 47.3 Å². The van der Waals surface area contributed by atoms with Gasteiger partial charge >= 0.3 is 0 Å². The largest absolute Gasteiger partial charge is 0.497 e. The fraction of sp³-hybridized carbons (Fsp3) is 0.333. The summed E-state index contributed by atoms with van der Waals surface area (Å²) in [4.78, 5) is 12.2. The predicted molar refractivity (Wildman–Crippen MR) is 76.8 cm³/mol. The number of carbonyl (C=O) groups excluding carboxylic acids is 1. The molecule has 0 aliphatic rings. The lowest BCUT2D eigenvalue weighted by atomic mass is 9.94. The number of carbonyl (C=O) groups is 1. The molecule has 1 aromatic heterocycles. The van der Waals surface area contributed by atoms with Gasteiger partial charge in [0.2, 0.25) is 0 Å². The molecule has 0 aliphatic carbocycles. The van der Waals surface area contributed by atoms with E-state index in [-0.39, 0.29) is 5.91 Å². The summed E-state index contributed by atoms with van der Waals surface area (Å²) in [6, 6.07) is 9.35. The van der Waals surface area contributed by atoms with Crippen LogP contribution < -0.4 is 10.1 Å². The Morgan fingerprint density at radius 1 is 1.30 bits per heavy atom. The number of H-pyrrole nitrogens is 1. The van der Waals surface area contributed by atoms with Crippen LogP contribution in [0.5, 0.6) is 5.75 Å². The average Bonchev–Trinajstić information content (AvgIpc) is 2.85. The maximum Gasteiger partial charge on any atom is 0.272 e. The zero-order valence-corrected chi connectivity index (χ0v) is 12.2.